The second kappa shape index (κ2) is 13.4. The molecule has 0 amide bonds. The van der Waals surface area contributed by atoms with Crippen LogP contribution < -0.4 is 5.76 Å². The molecule has 0 bridgehead atoms. The lowest BCUT2D eigenvalue weighted by molar-refractivity contribution is 0.501. The second-order valence-corrected chi connectivity index (χ2v) is 6.89. The third kappa shape index (κ3) is 9.68. The summed E-state index contributed by atoms with van der Waals surface area (Å²) in [5, 5.41) is 0. The van der Waals surface area contributed by atoms with Crippen molar-refractivity contribution >= 4 is 0 Å². The van der Waals surface area contributed by atoms with E-state index < -0.39 is 0 Å². The molecule has 0 aromatic carbocycles. The van der Waals surface area contributed by atoms with Crippen LogP contribution in [-0.2, 0) is 0 Å². The minimum Gasteiger partial charge on any atom is -0.416 e. The van der Waals surface area contributed by atoms with Gasteiger partial charge in [-0.3, -0.25) is 4.98 Å². The quantitative estimate of drug-likeness (QED) is 0.372. The average Bonchev–Trinajstić information content (AvgIpc) is 2.98. The first-order valence-corrected chi connectivity index (χ1v) is 9.95. The molecule has 0 saturated heterocycles. The molecule has 134 valence electrons. The van der Waals surface area contributed by atoms with E-state index in [2.05, 4.69) is 18.8 Å². The normalized spacial score (nSPS) is 12.6. The Hall–Kier alpha value is -0.990. The zero-order valence-corrected chi connectivity index (χ0v) is 15.4. The highest BCUT2D eigenvalue weighted by Gasteiger charge is 2.11. The van der Waals surface area contributed by atoms with Crippen LogP contribution in [0.5, 0.6) is 0 Å². The van der Waals surface area contributed by atoms with Crippen molar-refractivity contribution in [3.05, 3.63) is 22.5 Å². The zero-order chi connectivity index (χ0) is 16.8. The molecule has 1 heterocycles. The van der Waals surface area contributed by atoms with Gasteiger partial charge < -0.3 is 4.42 Å². The minimum absolute atomic E-state index is 0.326. The lowest BCUT2D eigenvalue weighted by Gasteiger charge is -2.11. The standard InChI is InChI=1S/C20H37NO2/c1-3-5-6-7-8-9-10-11-12-13-14-15-16-18(4-2)19-17-23-20(22)21-19/h17-18H,3-16H2,1-2H3,(H,21,22). The van der Waals surface area contributed by atoms with Crippen LogP contribution in [0.15, 0.2) is 15.5 Å². The molecule has 1 atom stereocenters. The van der Waals surface area contributed by atoms with Gasteiger partial charge in [0.2, 0.25) is 0 Å². The number of rotatable bonds is 15. The van der Waals surface area contributed by atoms with Gasteiger partial charge in [0.15, 0.2) is 0 Å². The predicted octanol–water partition coefficient (Wildman–Crippen LogP) is 6.55. The number of aromatic amines is 1. The molecule has 1 aromatic rings. The number of aromatic nitrogens is 1. The number of hydrogen-bond acceptors (Lipinski definition) is 2. The van der Waals surface area contributed by atoms with E-state index in [0.29, 0.717) is 5.92 Å². The molecule has 1 N–H and O–H groups in total. The van der Waals surface area contributed by atoms with Crippen molar-refractivity contribution < 1.29 is 4.42 Å². The number of H-pyrrole nitrogens is 1. The molecular formula is C20H37NO2. The molecule has 3 heteroatoms. The van der Waals surface area contributed by atoms with E-state index >= 15 is 0 Å². The van der Waals surface area contributed by atoms with Gasteiger partial charge in [0, 0.05) is 5.92 Å². The summed E-state index contributed by atoms with van der Waals surface area (Å²) in [6, 6.07) is 0. The summed E-state index contributed by atoms with van der Waals surface area (Å²) in [7, 11) is 0. The topological polar surface area (TPSA) is 46.0 Å². The van der Waals surface area contributed by atoms with Crippen molar-refractivity contribution in [2.45, 2.75) is 110 Å². The van der Waals surface area contributed by atoms with Gasteiger partial charge in [0.1, 0.15) is 6.26 Å². The molecule has 1 rings (SSSR count). The van der Waals surface area contributed by atoms with E-state index in [1.165, 1.54) is 77.0 Å². The first-order chi connectivity index (χ1) is 11.3. The van der Waals surface area contributed by atoms with E-state index in [4.69, 9.17) is 4.42 Å². The summed E-state index contributed by atoms with van der Waals surface area (Å²) in [5.74, 6) is 0.123. The summed E-state index contributed by atoms with van der Waals surface area (Å²) >= 11 is 0. The molecular weight excluding hydrogens is 286 g/mol. The van der Waals surface area contributed by atoms with E-state index in [1.54, 1.807) is 6.26 Å². The Balaban J connectivity index is 1.92. The Morgan fingerprint density at radius 2 is 1.39 bits per heavy atom. The van der Waals surface area contributed by atoms with E-state index in [0.717, 1.165) is 18.5 Å². The van der Waals surface area contributed by atoms with Crippen LogP contribution in [0.4, 0.5) is 0 Å². The molecule has 0 spiro atoms. The van der Waals surface area contributed by atoms with Crippen LogP contribution in [0.3, 0.4) is 0 Å². The van der Waals surface area contributed by atoms with Crippen LogP contribution in [0, 0.1) is 0 Å². The van der Waals surface area contributed by atoms with Crippen LogP contribution in [0.25, 0.3) is 0 Å². The smallest absolute Gasteiger partial charge is 0.416 e. The van der Waals surface area contributed by atoms with Crippen molar-refractivity contribution in [3.8, 4) is 0 Å². The fraction of sp³-hybridized carbons (Fsp3) is 0.850. The molecule has 1 unspecified atom stereocenters. The second-order valence-electron chi connectivity index (χ2n) is 6.89. The van der Waals surface area contributed by atoms with Crippen molar-refractivity contribution in [3.63, 3.8) is 0 Å². The summed E-state index contributed by atoms with van der Waals surface area (Å²) in [6.07, 6.45) is 20.4. The first kappa shape index (κ1) is 20.1. The lowest BCUT2D eigenvalue weighted by Crippen LogP contribution is -2.02. The number of hydrogen-bond donors (Lipinski definition) is 1. The van der Waals surface area contributed by atoms with E-state index in [9.17, 15) is 4.79 Å². The van der Waals surface area contributed by atoms with Gasteiger partial charge in [-0.2, -0.15) is 0 Å². The molecule has 3 nitrogen and oxygen atoms in total. The summed E-state index contributed by atoms with van der Waals surface area (Å²) in [4.78, 5) is 13.9. The highest BCUT2D eigenvalue weighted by atomic mass is 16.4. The van der Waals surface area contributed by atoms with Crippen LogP contribution in [0.2, 0.25) is 0 Å². The van der Waals surface area contributed by atoms with Crippen molar-refractivity contribution in [2.75, 3.05) is 0 Å². The van der Waals surface area contributed by atoms with E-state index in [1.807, 2.05) is 0 Å². The molecule has 0 aliphatic heterocycles. The third-order valence-corrected chi connectivity index (χ3v) is 4.88. The van der Waals surface area contributed by atoms with Crippen molar-refractivity contribution in [1.82, 2.24) is 4.98 Å². The fourth-order valence-electron chi connectivity index (χ4n) is 3.30. The minimum atomic E-state index is -0.326. The molecule has 0 radical (unpaired) electrons. The molecule has 23 heavy (non-hydrogen) atoms. The van der Waals surface area contributed by atoms with Crippen molar-refractivity contribution in [1.29, 1.82) is 0 Å². The fourth-order valence-corrected chi connectivity index (χ4v) is 3.30. The number of nitrogens with one attached hydrogen (secondary N) is 1. The Morgan fingerprint density at radius 3 is 1.83 bits per heavy atom. The Labute approximate surface area is 142 Å². The van der Waals surface area contributed by atoms with Gasteiger partial charge in [-0.1, -0.05) is 90.9 Å². The maximum absolute atomic E-state index is 11.1. The average molecular weight is 324 g/mol. The summed E-state index contributed by atoms with van der Waals surface area (Å²) < 4.78 is 4.85. The SMILES string of the molecule is CCCCCCCCCCCCCCC(CC)c1coc(=O)[nH]1. The lowest BCUT2D eigenvalue weighted by atomic mass is 9.95. The van der Waals surface area contributed by atoms with Gasteiger partial charge in [-0.15, -0.1) is 0 Å². The molecule has 0 aliphatic carbocycles. The van der Waals surface area contributed by atoms with Gasteiger partial charge in [0.05, 0.1) is 5.69 Å². The summed E-state index contributed by atoms with van der Waals surface area (Å²) in [6.45, 7) is 4.45. The maximum atomic E-state index is 11.1. The zero-order valence-electron chi connectivity index (χ0n) is 15.4. The predicted molar refractivity (Wildman–Crippen MR) is 98.1 cm³/mol. The van der Waals surface area contributed by atoms with Gasteiger partial charge in [0.25, 0.3) is 0 Å². The summed E-state index contributed by atoms with van der Waals surface area (Å²) in [5.41, 5.74) is 0.973. The number of oxazole rings is 1. The highest BCUT2D eigenvalue weighted by Crippen LogP contribution is 2.24. The van der Waals surface area contributed by atoms with Gasteiger partial charge in [-0.05, 0) is 12.8 Å². The first-order valence-electron chi connectivity index (χ1n) is 9.95. The monoisotopic (exact) mass is 323 g/mol. The van der Waals surface area contributed by atoms with E-state index in [-0.39, 0.29) is 5.76 Å². The number of unbranched alkanes of at least 4 members (excludes halogenated alkanes) is 11. The van der Waals surface area contributed by atoms with Gasteiger partial charge >= 0.3 is 5.76 Å². The van der Waals surface area contributed by atoms with Crippen LogP contribution in [-0.4, -0.2) is 4.98 Å². The Morgan fingerprint density at radius 1 is 0.870 bits per heavy atom. The maximum Gasteiger partial charge on any atom is 0.416 e. The molecule has 1 aromatic heterocycles. The van der Waals surface area contributed by atoms with Crippen molar-refractivity contribution in [2.24, 2.45) is 0 Å². The molecule has 0 saturated carbocycles. The van der Waals surface area contributed by atoms with Crippen LogP contribution >= 0.6 is 0 Å². The molecule has 0 aliphatic rings. The Kier molecular flexibility index (Phi) is 11.7. The molecule has 0 fully saturated rings. The third-order valence-electron chi connectivity index (χ3n) is 4.88. The highest BCUT2D eigenvalue weighted by molar-refractivity contribution is 5.00. The van der Waals surface area contributed by atoms with Gasteiger partial charge in [-0.25, -0.2) is 4.79 Å². The van der Waals surface area contributed by atoms with Crippen LogP contribution in [0.1, 0.15) is 115 Å². The Bertz CT molecular complexity index is 421. The largest absolute Gasteiger partial charge is 0.416 e.